The van der Waals surface area contributed by atoms with E-state index in [9.17, 15) is 0 Å². The van der Waals surface area contributed by atoms with Crippen LogP contribution >= 0.6 is 0 Å². The van der Waals surface area contributed by atoms with Crippen molar-refractivity contribution in [1.82, 2.24) is 4.90 Å². The van der Waals surface area contributed by atoms with Crippen molar-refractivity contribution in [2.75, 3.05) is 19.0 Å². The summed E-state index contributed by atoms with van der Waals surface area (Å²) in [6.07, 6.45) is 2.12. The van der Waals surface area contributed by atoms with E-state index in [1.54, 1.807) is 0 Å². The van der Waals surface area contributed by atoms with Crippen molar-refractivity contribution in [1.29, 1.82) is 5.41 Å². The first kappa shape index (κ1) is 19.4. The van der Waals surface area contributed by atoms with Crippen LogP contribution in [0.3, 0.4) is 0 Å². The first-order chi connectivity index (χ1) is 15.1. The van der Waals surface area contributed by atoms with Gasteiger partial charge in [0.05, 0.1) is 6.04 Å². The summed E-state index contributed by atoms with van der Waals surface area (Å²) in [4.78, 5) is 4.11. The molecule has 3 nitrogen and oxygen atoms in total. The van der Waals surface area contributed by atoms with Crippen LogP contribution in [0.2, 0.25) is 0 Å². The molecule has 0 heterocycles. The third-order valence-corrected chi connectivity index (χ3v) is 6.49. The van der Waals surface area contributed by atoms with Crippen LogP contribution in [0.4, 0.5) is 5.69 Å². The number of guanidine groups is 1. The van der Waals surface area contributed by atoms with Gasteiger partial charge in [-0.3, -0.25) is 5.41 Å². The Morgan fingerprint density at radius 2 is 1.39 bits per heavy atom. The zero-order valence-corrected chi connectivity index (χ0v) is 18.0. The molecule has 4 aromatic carbocycles. The topological polar surface area (TPSA) is 30.3 Å². The highest BCUT2D eigenvalue weighted by atomic mass is 15.4. The second-order valence-corrected chi connectivity index (χ2v) is 8.30. The second kappa shape index (κ2) is 7.92. The molecule has 0 atom stereocenters. The number of hydrogen-bond acceptors (Lipinski definition) is 1. The Labute approximate surface area is 184 Å². The van der Waals surface area contributed by atoms with Crippen molar-refractivity contribution in [3.8, 4) is 0 Å². The molecule has 31 heavy (non-hydrogen) atoms. The maximum Gasteiger partial charge on any atom is 0.198 e. The quantitative estimate of drug-likeness (QED) is 0.332. The molecule has 0 unspecified atom stereocenters. The molecular formula is C28H27N3. The average molecular weight is 406 g/mol. The van der Waals surface area contributed by atoms with Gasteiger partial charge in [0, 0.05) is 19.8 Å². The summed E-state index contributed by atoms with van der Waals surface area (Å²) in [7, 11) is 4.04. The molecule has 0 saturated carbocycles. The summed E-state index contributed by atoms with van der Waals surface area (Å²) < 4.78 is 0. The van der Waals surface area contributed by atoms with Gasteiger partial charge in [-0.2, -0.15) is 0 Å². The third-order valence-electron chi connectivity index (χ3n) is 6.49. The normalized spacial score (nSPS) is 12.4. The van der Waals surface area contributed by atoms with E-state index in [1.807, 2.05) is 31.1 Å². The van der Waals surface area contributed by atoms with Gasteiger partial charge in [0.2, 0.25) is 0 Å². The van der Waals surface area contributed by atoms with Crippen molar-refractivity contribution < 1.29 is 0 Å². The second-order valence-electron chi connectivity index (χ2n) is 8.30. The minimum Gasteiger partial charge on any atom is -0.335 e. The SMILES string of the molecule is CN(C(=N)N(C)C(c1ccccc1)c1ccccc1)c1ccc2cccc3c2c1CC3. The zero-order chi connectivity index (χ0) is 21.4. The van der Waals surface area contributed by atoms with Crippen LogP contribution in [0.5, 0.6) is 0 Å². The summed E-state index contributed by atoms with van der Waals surface area (Å²) in [5.74, 6) is 0.484. The number of hydrogen-bond donors (Lipinski definition) is 1. The van der Waals surface area contributed by atoms with Crippen LogP contribution in [-0.4, -0.2) is 25.0 Å². The summed E-state index contributed by atoms with van der Waals surface area (Å²) in [6, 6.07) is 31.8. The largest absolute Gasteiger partial charge is 0.335 e. The molecule has 0 aromatic heterocycles. The third kappa shape index (κ3) is 3.36. The van der Waals surface area contributed by atoms with Crippen molar-refractivity contribution in [3.63, 3.8) is 0 Å². The molecule has 0 fully saturated rings. The van der Waals surface area contributed by atoms with Gasteiger partial charge < -0.3 is 9.80 Å². The van der Waals surface area contributed by atoms with E-state index in [1.165, 1.54) is 33.0 Å². The zero-order valence-electron chi connectivity index (χ0n) is 18.0. The molecule has 0 bridgehead atoms. The van der Waals surface area contributed by atoms with Crippen LogP contribution in [0.1, 0.15) is 28.3 Å². The molecular weight excluding hydrogens is 378 g/mol. The molecule has 1 aliphatic carbocycles. The summed E-state index contributed by atoms with van der Waals surface area (Å²) >= 11 is 0. The molecule has 0 saturated heterocycles. The molecule has 4 aromatic rings. The van der Waals surface area contributed by atoms with Gasteiger partial charge in [-0.1, -0.05) is 84.9 Å². The van der Waals surface area contributed by atoms with E-state index in [0.717, 1.165) is 18.5 Å². The number of anilines is 1. The molecule has 0 spiro atoms. The summed E-state index contributed by atoms with van der Waals surface area (Å²) in [5, 5.41) is 11.8. The average Bonchev–Trinajstić information content (AvgIpc) is 3.26. The molecule has 0 amide bonds. The maximum atomic E-state index is 9.12. The lowest BCUT2D eigenvalue weighted by Crippen LogP contribution is -2.42. The number of rotatable bonds is 4. The van der Waals surface area contributed by atoms with E-state index in [2.05, 4.69) is 83.8 Å². The number of nitrogens with zero attached hydrogens (tertiary/aromatic N) is 2. The van der Waals surface area contributed by atoms with Crippen molar-refractivity contribution in [2.45, 2.75) is 18.9 Å². The Morgan fingerprint density at radius 1 is 0.742 bits per heavy atom. The first-order valence-electron chi connectivity index (χ1n) is 10.8. The van der Waals surface area contributed by atoms with Gasteiger partial charge in [0.1, 0.15) is 0 Å². The van der Waals surface area contributed by atoms with Crippen LogP contribution in [0, 0.1) is 5.41 Å². The lowest BCUT2D eigenvalue weighted by atomic mass is 9.97. The minimum atomic E-state index is -0.0260. The Morgan fingerprint density at radius 3 is 2.03 bits per heavy atom. The van der Waals surface area contributed by atoms with Crippen LogP contribution in [0.25, 0.3) is 10.8 Å². The van der Waals surface area contributed by atoms with E-state index in [4.69, 9.17) is 5.41 Å². The van der Waals surface area contributed by atoms with Gasteiger partial charge >= 0.3 is 0 Å². The molecule has 0 aliphatic heterocycles. The Balaban J connectivity index is 1.53. The number of aryl methyl sites for hydroxylation is 2. The van der Waals surface area contributed by atoms with Gasteiger partial charge in [-0.25, -0.2) is 0 Å². The van der Waals surface area contributed by atoms with Crippen LogP contribution < -0.4 is 4.90 Å². The van der Waals surface area contributed by atoms with Gasteiger partial charge in [-0.05, 0) is 51.9 Å². The number of benzene rings is 4. The van der Waals surface area contributed by atoms with Crippen LogP contribution in [0.15, 0.2) is 91.0 Å². The van der Waals surface area contributed by atoms with Gasteiger partial charge in [0.15, 0.2) is 5.96 Å². The summed E-state index contributed by atoms with van der Waals surface area (Å²) in [5.41, 5.74) is 6.28. The first-order valence-corrected chi connectivity index (χ1v) is 10.8. The fourth-order valence-electron chi connectivity index (χ4n) is 4.94. The molecule has 1 N–H and O–H groups in total. The fraction of sp³-hybridized carbons (Fsp3) is 0.179. The Bertz CT molecular complexity index is 1190. The molecule has 5 rings (SSSR count). The minimum absolute atomic E-state index is 0.0260. The highest BCUT2D eigenvalue weighted by Gasteiger charge is 2.26. The van der Waals surface area contributed by atoms with E-state index >= 15 is 0 Å². The molecule has 154 valence electrons. The Kier molecular flexibility index (Phi) is 4.95. The van der Waals surface area contributed by atoms with Crippen LogP contribution in [-0.2, 0) is 12.8 Å². The van der Waals surface area contributed by atoms with Crippen molar-refractivity contribution in [3.05, 3.63) is 113 Å². The maximum absolute atomic E-state index is 9.12. The Hall–Kier alpha value is -3.59. The summed E-state index contributed by atoms with van der Waals surface area (Å²) in [6.45, 7) is 0. The molecule has 1 aliphatic rings. The van der Waals surface area contributed by atoms with Crippen molar-refractivity contribution >= 4 is 22.4 Å². The van der Waals surface area contributed by atoms with E-state index in [0.29, 0.717) is 5.96 Å². The molecule has 3 heteroatoms. The predicted molar refractivity (Wildman–Crippen MR) is 130 cm³/mol. The van der Waals surface area contributed by atoms with E-state index < -0.39 is 0 Å². The van der Waals surface area contributed by atoms with Gasteiger partial charge in [0.25, 0.3) is 0 Å². The predicted octanol–water partition coefficient (Wildman–Crippen LogP) is 6.03. The smallest absolute Gasteiger partial charge is 0.198 e. The van der Waals surface area contributed by atoms with Crippen molar-refractivity contribution in [2.24, 2.45) is 0 Å². The lowest BCUT2D eigenvalue weighted by Gasteiger charge is -2.35. The lowest BCUT2D eigenvalue weighted by molar-refractivity contribution is 0.418. The highest BCUT2D eigenvalue weighted by molar-refractivity contribution is 6.01. The fourth-order valence-corrected chi connectivity index (χ4v) is 4.94. The monoisotopic (exact) mass is 405 g/mol. The number of nitrogens with one attached hydrogen (secondary N) is 1. The van der Waals surface area contributed by atoms with E-state index in [-0.39, 0.29) is 6.04 Å². The standard InChI is InChI=1S/C28H27N3/c1-30(25-19-17-21-15-9-14-20-16-18-24(25)26(20)21)28(29)31(2)27(22-10-5-3-6-11-22)23-12-7-4-8-13-23/h3-15,17,19,27,29H,16,18H2,1-2H3. The molecule has 0 radical (unpaired) electrons. The van der Waals surface area contributed by atoms with Gasteiger partial charge in [-0.15, -0.1) is 0 Å². The highest BCUT2D eigenvalue weighted by Crippen LogP contribution is 2.37.